The Balaban J connectivity index is 1.90. The van der Waals surface area contributed by atoms with Crippen molar-refractivity contribution in [3.63, 3.8) is 0 Å². The highest BCUT2D eigenvalue weighted by atomic mass is 16.5. The molecule has 1 fully saturated rings. The van der Waals surface area contributed by atoms with E-state index in [9.17, 15) is 15.0 Å². The van der Waals surface area contributed by atoms with Gasteiger partial charge in [-0.25, -0.2) is 4.79 Å². The average Bonchev–Trinajstić information content (AvgIpc) is 2.87. The fourth-order valence-electron chi connectivity index (χ4n) is 5.64. The van der Waals surface area contributed by atoms with Crippen LogP contribution in [0.4, 0.5) is 0 Å². The first-order valence-corrected chi connectivity index (χ1v) is 9.78. The van der Waals surface area contributed by atoms with Gasteiger partial charge < -0.3 is 14.9 Å². The maximum absolute atomic E-state index is 11.7. The lowest BCUT2D eigenvalue weighted by molar-refractivity contribution is 0.0692. The van der Waals surface area contributed by atoms with E-state index in [1.165, 1.54) is 11.1 Å². The molecule has 1 aromatic rings. The summed E-state index contributed by atoms with van der Waals surface area (Å²) in [6.45, 7) is 10.3. The van der Waals surface area contributed by atoms with Gasteiger partial charge in [0, 0.05) is 5.41 Å². The number of benzene rings is 1. The standard InChI is InChI=1S/C23H28O4/c1-12(2)7-6-9-22(4)14-8-10-23(5)18(14)19(22)17-15(27-23)11-13(3)16(20(17)24)21(25)26/h7,11,14,24H,6,8-10H2,1-5H3,(H,25,26). The second-order valence-corrected chi connectivity index (χ2v) is 9.05. The number of carboxylic acid groups (broad SMARTS) is 1. The monoisotopic (exact) mass is 368 g/mol. The lowest BCUT2D eigenvalue weighted by atomic mass is 9.52. The lowest BCUT2D eigenvalue weighted by Gasteiger charge is -2.54. The third kappa shape index (κ3) is 2.31. The Morgan fingerprint density at radius 2 is 2.07 bits per heavy atom. The van der Waals surface area contributed by atoms with Crippen molar-refractivity contribution in [2.24, 2.45) is 11.3 Å². The molecule has 144 valence electrons. The highest BCUT2D eigenvalue weighted by Gasteiger charge is 2.63. The first-order valence-electron chi connectivity index (χ1n) is 9.78. The normalized spacial score (nSPS) is 30.2. The molecule has 0 bridgehead atoms. The Kier molecular flexibility index (Phi) is 3.79. The number of hydrogen-bond acceptors (Lipinski definition) is 3. The van der Waals surface area contributed by atoms with Crippen molar-refractivity contribution < 1.29 is 19.7 Å². The van der Waals surface area contributed by atoms with Gasteiger partial charge in [0.1, 0.15) is 22.7 Å². The Hall–Kier alpha value is -2.23. The molecule has 0 radical (unpaired) electrons. The van der Waals surface area contributed by atoms with Crippen LogP contribution in [-0.2, 0) is 0 Å². The molecule has 3 atom stereocenters. The molecule has 2 N–H and O–H groups in total. The number of allylic oxidation sites excluding steroid dienone is 3. The second kappa shape index (κ2) is 5.63. The molecule has 0 amide bonds. The van der Waals surface area contributed by atoms with Crippen molar-refractivity contribution >= 4 is 11.5 Å². The Morgan fingerprint density at radius 3 is 2.70 bits per heavy atom. The third-order valence-electron chi connectivity index (χ3n) is 6.92. The van der Waals surface area contributed by atoms with Crippen molar-refractivity contribution in [3.8, 4) is 11.5 Å². The first-order chi connectivity index (χ1) is 12.6. The predicted octanol–water partition coefficient (Wildman–Crippen LogP) is 5.48. The van der Waals surface area contributed by atoms with Crippen LogP contribution in [0.3, 0.4) is 0 Å². The third-order valence-corrected chi connectivity index (χ3v) is 6.92. The number of hydrogen-bond donors (Lipinski definition) is 2. The summed E-state index contributed by atoms with van der Waals surface area (Å²) in [5, 5.41) is 20.5. The zero-order chi connectivity index (χ0) is 19.7. The Bertz CT molecular complexity index is 919. The van der Waals surface area contributed by atoms with Gasteiger partial charge in [0.15, 0.2) is 0 Å². The zero-order valence-corrected chi connectivity index (χ0v) is 16.8. The molecule has 27 heavy (non-hydrogen) atoms. The number of ether oxygens (including phenoxy) is 1. The molecule has 3 aliphatic rings. The summed E-state index contributed by atoms with van der Waals surface area (Å²) < 4.78 is 6.35. The van der Waals surface area contributed by atoms with Crippen molar-refractivity contribution in [3.05, 3.63) is 40.0 Å². The van der Waals surface area contributed by atoms with Gasteiger partial charge in [0.05, 0.1) is 5.56 Å². The van der Waals surface area contributed by atoms with Gasteiger partial charge in [-0.3, -0.25) is 0 Å². The molecule has 0 aromatic heterocycles. The van der Waals surface area contributed by atoms with Crippen LogP contribution in [0.25, 0.3) is 5.57 Å². The molecule has 4 heteroatoms. The van der Waals surface area contributed by atoms with Crippen molar-refractivity contribution in [1.29, 1.82) is 0 Å². The molecule has 0 saturated heterocycles. The number of aromatic hydroxyl groups is 1. The summed E-state index contributed by atoms with van der Waals surface area (Å²) in [5.74, 6) is -0.156. The van der Waals surface area contributed by atoms with Crippen LogP contribution in [0, 0.1) is 18.3 Å². The van der Waals surface area contributed by atoms with Crippen LogP contribution >= 0.6 is 0 Å². The van der Waals surface area contributed by atoms with Gasteiger partial charge in [-0.05, 0) is 82.1 Å². The quantitative estimate of drug-likeness (QED) is 0.691. The van der Waals surface area contributed by atoms with Gasteiger partial charge in [-0.15, -0.1) is 0 Å². The SMILES string of the molecule is CC(C)=CCCC1(C)C2=C3C1CCC3(C)Oc1cc(C)c(C(=O)O)c(O)c12. The molecule has 1 heterocycles. The molecule has 0 spiro atoms. The molecular weight excluding hydrogens is 340 g/mol. The number of carbonyl (C=O) groups is 1. The fourth-order valence-corrected chi connectivity index (χ4v) is 5.64. The van der Waals surface area contributed by atoms with E-state index < -0.39 is 5.97 Å². The number of aryl methyl sites for hydroxylation is 1. The summed E-state index contributed by atoms with van der Waals surface area (Å²) in [7, 11) is 0. The van der Waals surface area contributed by atoms with Crippen LogP contribution in [-0.4, -0.2) is 21.8 Å². The average molecular weight is 368 g/mol. The van der Waals surface area contributed by atoms with Gasteiger partial charge >= 0.3 is 5.97 Å². The molecular formula is C23H28O4. The van der Waals surface area contributed by atoms with E-state index in [0.29, 0.717) is 22.8 Å². The van der Waals surface area contributed by atoms with Crippen molar-refractivity contribution in [2.75, 3.05) is 0 Å². The predicted molar refractivity (Wildman–Crippen MR) is 105 cm³/mol. The lowest BCUT2D eigenvalue weighted by Crippen LogP contribution is -2.48. The largest absolute Gasteiger partial charge is 0.506 e. The number of fused-ring (bicyclic) bond motifs is 2. The minimum Gasteiger partial charge on any atom is -0.506 e. The summed E-state index contributed by atoms with van der Waals surface area (Å²) in [6.07, 6.45) is 6.29. The Labute approximate surface area is 160 Å². The molecule has 3 unspecified atom stereocenters. The maximum atomic E-state index is 11.7. The van der Waals surface area contributed by atoms with E-state index >= 15 is 0 Å². The zero-order valence-electron chi connectivity index (χ0n) is 16.8. The van der Waals surface area contributed by atoms with Gasteiger partial charge in [0.2, 0.25) is 0 Å². The molecule has 1 saturated carbocycles. The summed E-state index contributed by atoms with van der Waals surface area (Å²) in [6, 6.07) is 1.79. The number of aromatic carboxylic acids is 1. The highest BCUT2D eigenvalue weighted by Crippen LogP contribution is 2.71. The van der Waals surface area contributed by atoms with Gasteiger partial charge in [-0.1, -0.05) is 18.6 Å². The van der Waals surface area contributed by atoms with E-state index in [0.717, 1.165) is 31.3 Å². The smallest absolute Gasteiger partial charge is 0.339 e. The van der Waals surface area contributed by atoms with Gasteiger partial charge in [0.25, 0.3) is 0 Å². The summed E-state index contributed by atoms with van der Waals surface area (Å²) >= 11 is 0. The highest BCUT2D eigenvalue weighted by molar-refractivity contribution is 5.99. The number of carboxylic acids is 1. The Morgan fingerprint density at radius 1 is 1.37 bits per heavy atom. The maximum Gasteiger partial charge on any atom is 0.339 e. The van der Waals surface area contributed by atoms with Crippen molar-refractivity contribution in [2.45, 2.75) is 65.9 Å². The van der Waals surface area contributed by atoms with Crippen LogP contribution in [0.5, 0.6) is 11.5 Å². The number of rotatable bonds is 4. The molecule has 2 aliphatic carbocycles. The molecule has 1 aromatic carbocycles. The molecule has 1 aliphatic heterocycles. The van der Waals surface area contributed by atoms with Crippen LogP contribution < -0.4 is 4.74 Å². The topological polar surface area (TPSA) is 66.8 Å². The van der Waals surface area contributed by atoms with E-state index in [-0.39, 0.29) is 22.3 Å². The van der Waals surface area contributed by atoms with Crippen LogP contribution in [0.1, 0.15) is 74.9 Å². The van der Waals surface area contributed by atoms with Crippen LogP contribution in [0.2, 0.25) is 0 Å². The summed E-state index contributed by atoms with van der Waals surface area (Å²) in [4.78, 5) is 11.7. The number of phenols is 1. The first kappa shape index (κ1) is 18.1. The van der Waals surface area contributed by atoms with Crippen molar-refractivity contribution in [1.82, 2.24) is 0 Å². The minimum absolute atomic E-state index is 0.0119. The van der Waals surface area contributed by atoms with Crippen LogP contribution in [0.15, 0.2) is 23.3 Å². The van der Waals surface area contributed by atoms with E-state index in [1.54, 1.807) is 13.0 Å². The second-order valence-electron chi connectivity index (χ2n) is 9.05. The molecule has 4 nitrogen and oxygen atoms in total. The fraction of sp³-hybridized carbons (Fsp3) is 0.522. The van der Waals surface area contributed by atoms with E-state index in [1.807, 2.05) is 0 Å². The van der Waals surface area contributed by atoms with E-state index in [4.69, 9.17) is 4.74 Å². The molecule has 4 rings (SSSR count). The minimum atomic E-state index is -1.10. The van der Waals surface area contributed by atoms with Gasteiger partial charge in [-0.2, -0.15) is 0 Å². The summed E-state index contributed by atoms with van der Waals surface area (Å²) in [5.41, 5.74) is 4.48. The van der Waals surface area contributed by atoms with E-state index in [2.05, 4.69) is 33.8 Å².